The third-order valence-electron chi connectivity index (χ3n) is 9.28. The minimum Gasteiger partial charge on any atom is -0.392 e. The van der Waals surface area contributed by atoms with Crippen molar-refractivity contribution in [3.05, 3.63) is 99.6 Å². The average Bonchev–Trinajstić information content (AvgIpc) is 3.11. The number of non-ortho nitro benzene ring substituents is 1. The maximum atomic E-state index is 12.5. The summed E-state index contributed by atoms with van der Waals surface area (Å²) in [6.45, 7) is 8.23. The monoisotopic (exact) mass is 673 g/mol. The van der Waals surface area contributed by atoms with Crippen molar-refractivity contribution in [2.45, 2.75) is 64.6 Å². The fraction of sp³-hybridized carbons (Fsp3) is 0.459. The van der Waals surface area contributed by atoms with Gasteiger partial charge in [-0.15, -0.1) is 0 Å². The Bertz CT molecular complexity index is 1530. The van der Waals surface area contributed by atoms with Crippen LogP contribution in [0.4, 0.5) is 17.1 Å². The van der Waals surface area contributed by atoms with Crippen molar-refractivity contribution < 1.29 is 29.1 Å². The summed E-state index contributed by atoms with van der Waals surface area (Å²) in [6.07, 6.45) is 1.89. The molecule has 2 aliphatic rings. The number of amides is 2. The molecule has 3 N–H and O–H groups in total. The number of nitrogens with one attached hydrogen (secondary N) is 2. The molecule has 3 aromatic rings. The molecule has 2 saturated heterocycles. The van der Waals surface area contributed by atoms with Crippen LogP contribution in [0.3, 0.4) is 0 Å². The van der Waals surface area contributed by atoms with E-state index >= 15 is 0 Å². The minimum atomic E-state index is -0.613. The first-order valence-electron chi connectivity index (χ1n) is 17.1. The number of hydrogen-bond donors (Lipinski definition) is 3. The van der Waals surface area contributed by atoms with Gasteiger partial charge in [0.15, 0.2) is 6.29 Å². The predicted octanol–water partition coefficient (Wildman–Crippen LogP) is 5.34. The van der Waals surface area contributed by atoms with Gasteiger partial charge in [-0.3, -0.25) is 24.6 Å². The fourth-order valence-electron chi connectivity index (χ4n) is 6.36. The van der Waals surface area contributed by atoms with Crippen molar-refractivity contribution in [2.75, 3.05) is 49.5 Å². The number of anilines is 2. The molecule has 0 radical (unpaired) electrons. The molecular weight excluding hydrogens is 626 g/mol. The largest absolute Gasteiger partial charge is 0.392 e. The molecule has 2 aliphatic heterocycles. The van der Waals surface area contributed by atoms with Crippen molar-refractivity contribution in [3.8, 4) is 0 Å². The predicted molar refractivity (Wildman–Crippen MR) is 187 cm³/mol. The summed E-state index contributed by atoms with van der Waals surface area (Å²) in [5.74, 6) is -0.0496. The van der Waals surface area contributed by atoms with Crippen LogP contribution in [0, 0.1) is 16.0 Å². The van der Waals surface area contributed by atoms with Gasteiger partial charge in [0.2, 0.25) is 11.8 Å². The molecule has 0 spiro atoms. The number of nitro groups is 1. The smallest absolute Gasteiger partial charge is 0.269 e. The summed E-state index contributed by atoms with van der Waals surface area (Å²) < 4.78 is 13.3. The van der Waals surface area contributed by atoms with Crippen LogP contribution in [0.15, 0.2) is 72.8 Å². The van der Waals surface area contributed by atoms with Gasteiger partial charge < -0.3 is 30.1 Å². The number of unbranched alkanes of at least 4 members (excludes halogenated alkanes) is 2. The number of nitrogens with zero attached hydrogens (tertiary/aromatic N) is 3. The van der Waals surface area contributed by atoms with E-state index in [1.807, 2.05) is 60.7 Å². The van der Waals surface area contributed by atoms with E-state index in [2.05, 4.69) is 27.4 Å². The van der Waals surface area contributed by atoms with E-state index in [0.29, 0.717) is 18.7 Å². The lowest BCUT2D eigenvalue weighted by atomic mass is 9.90. The van der Waals surface area contributed by atoms with E-state index in [1.165, 1.54) is 6.92 Å². The molecule has 0 unspecified atom stereocenters. The number of aliphatic hydroxyl groups is 1. The molecular formula is C37H47N5O7. The standard InChI is InChI=1S/C37H47N5O7/c1-26-34(24-40-20-22-41(23-21-40)32-15-17-33(18-16-32)42(46)47)48-37(49-36(26)29-9-7-28(25-43)8-10-29)30-11-13-31(14-12-30)39-35(45)6-4-3-5-19-38-27(2)44/h7-18,26,34,36-37,43H,3-6,19-25H2,1-2H3,(H,38,44)(H,39,45)/t26-,34+,36+,37+/m0/s1. The minimum absolute atomic E-state index is 0.0247. The Hall–Kier alpha value is -4.36. The van der Waals surface area contributed by atoms with Crippen LogP contribution in [0.1, 0.15) is 68.6 Å². The molecule has 0 aliphatic carbocycles. The molecule has 0 bridgehead atoms. The van der Waals surface area contributed by atoms with Crippen molar-refractivity contribution in [3.63, 3.8) is 0 Å². The van der Waals surface area contributed by atoms with Crippen LogP contribution in [0.5, 0.6) is 0 Å². The second kappa shape index (κ2) is 17.3. The van der Waals surface area contributed by atoms with Gasteiger partial charge >= 0.3 is 0 Å². The first-order chi connectivity index (χ1) is 23.7. The van der Waals surface area contributed by atoms with Crippen LogP contribution in [0.2, 0.25) is 0 Å². The lowest BCUT2D eigenvalue weighted by molar-refractivity contribution is -0.384. The van der Waals surface area contributed by atoms with Gasteiger partial charge in [0.1, 0.15) is 0 Å². The molecule has 12 heteroatoms. The number of carbonyl (C=O) groups excluding carboxylic acids is 2. The zero-order chi connectivity index (χ0) is 34.8. The second-order valence-electron chi connectivity index (χ2n) is 12.8. The van der Waals surface area contributed by atoms with Crippen LogP contribution in [0.25, 0.3) is 0 Å². The maximum absolute atomic E-state index is 12.5. The van der Waals surface area contributed by atoms with Crippen LogP contribution in [-0.2, 0) is 25.7 Å². The van der Waals surface area contributed by atoms with E-state index in [1.54, 1.807) is 12.1 Å². The molecule has 262 valence electrons. The molecule has 5 rings (SSSR count). The lowest BCUT2D eigenvalue weighted by Gasteiger charge is -2.44. The number of carbonyl (C=O) groups is 2. The summed E-state index contributed by atoms with van der Waals surface area (Å²) in [5.41, 5.74) is 4.48. The number of rotatable bonds is 14. The first-order valence-corrected chi connectivity index (χ1v) is 17.1. The quantitative estimate of drug-likeness (QED) is 0.117. The Morgan fingerprint density at radius 3 is 2.20 bits per heavy atom. The molecule has 4 atom stereocenters. The Kier molecular flexibility index (Phi) is 12.7. The number of aliphatic hydroxyl groups excluding tert-OH is 1. The summed E-state index contributed by atoms with van der Waals surface area (Å²) in [4.78, 5) is 38.8. The number of hydrogen-bond acceptors (Lipinski definition) is 9. The van der Waals surface area contributed by atoms with Crippen molar-refractivity contribution in [1.29, 1.82) is 0 Å². The van der Waals surface area contributed by atoms with Crippen molar-refractivity contribution >= 4 is 28.9 Å². The highest BCUT2D eigenvalue weighted by Gasteiger charge is 2.39. The zero-order valence-electron chi connectivity index (χ0n) is 28.3. The molecule has 2 amide bonds. The summed E-state index contributed by atoms with van der Waals surface area (Å²) in [6, 6.07) is 22.2. The van der Waals surface area contributed by atoms with Gasteiger partial charge in [0.05, 0.1) is 23.7 Å². The third-order valence-corrected chi connectivity index (χ3v) is 9.28. The summed E-state index contributed by atoms with van der Waals surface area (Å²) in [5, 5.41) is 26.4. The van der Waals surface area contributed by atoms with Gasteiger partial charge in [-0.1, -0.05) is 49.7 Å². The lowest BCUT2D eigenvalue weighted by Crippen LogP contribution is -2.51. The normalized spacial score (nSPS) is 21.2. The highest BCUT2D eigenvalue weighted by Crippen LogP contribution is 2.42. The van der Waals surface area contributed by atoms with Gasteiger partial charge in [0, 0.05) is 87.6 Å². The van der Waals surface area contributed by atoms with Gasteiger partial charge in [-0.25, -0.2) is 0 Å². The molecule has 3 aromatic carbocycles. The van der Waals surface area contributed by atoms with E-state index in [-0.39, 0.29) is 47.2 Å². The van der Waals surface area contributed by atoms with Gasteiger partial charge in [-0.05, 0) is 48.2 Å². The highest BCUT2D eigenvalue weighted by molar-refractivity contribution is 5.90. The summed E-state index contributed by atoms with van der Waals surface area (Å²) >= 11 is 0. The fourth-order valence-corrected chi connectivity index (χ4v) is 6.36. The van der Waals surface area contributed by atoms with Crippen molar-refractivity contribution in [2.24, 2.45) is 5.92 Å². The van der Waals surface area contributed by atoms with E-state index in [4.69, 9.17) is 9.47 Å². The first kappa shape index (κ1) is 35.9. The Labute approximate surface area is 287 Å². The number of piperazine rings is 1. The number of nitro benzene ring substituents is 1. The zero-order valence-corrected chi connectivity index (χ0v) is 28.3. The third kappa shape index (κ3) is 10.1. The topological polar surface area (TPSA) is 147 Å². The molecule has 0 saturated carbocycles. The van der Waals surface area contributed by atoms with Crippen molar-refractivity contribution in [1.82, 2.24) is 10.2 Å². The van der Waals surface area contributed by atoms with Gasteiger partial charge in [0.25, 0.3) is 5.69 Å². The molecule has 2 fully saturated rings. The van der Waals surface area contributed by atoms with E-state index in [0.717, 1.165) is 74.4 Å². The Morgan fingerprint density at radius 2 is 1.57 bits per heavy atom. The maximum Gasteiger partial charge on any atom is 0.269 e. The molecule has 2 heterocycles. The number of benzene rings is 3. The molecule has 12 nitrogen and oxygen atoms in total. The molecule has 0 aromatic heterocycles. The molecule has 49 heavy (non-hydrogen) atoms. The summed E-state index contributed by atoms with van der Waals surface area (Å²) in [7, 11) is 0. The second-order valence-corrected chi connectivity index (χ2v) is 12.8. The number of ether oxygens (including phenoxy) is 2. The van der Waals surface area contributed by atoms with Crippen LogP contribution in [-0.4, -0.2) is 72.1 Å². The SMILES string of the molecule is CC(=O)NCCCCCC(=O)Nc1ccc([C@@H]2O[C@H](CN3CCN(c4ccc([N+](=O)[O-])cc4)CC3)[C@H](C)[C@H](c3ccc(CO)cc3)O2)cc1. The highest BCUT2D eigenvalue weighted by atomic mass is 16.7. The Balaban J connectivity index is 1.21. The average molecular weight is 674 g/mol. The van der Waals surface area contributed by atoms with E-state index < -0.39 is 6.29 Å². The van der Waals surface area contributed by atoms with Crippen LogP contribution >= 0.6 is 0 Å². The van der Waals surface area contributed by atoms with Crippen LogP contribution < -0.4 is 15.5 Å². The van der Waals surface area contributed by atoms with E-state index in [9.17, 15) is 24.8 Å². The Morgan fingerprint density at radius 1 is 0.898 bits per heavy atom. The van der Waals surface area contributed by atoms with Gasteiger partial charge in [-0.2, -0.15) is 0 Å².